The maximum absolute atomic E-state index is 14.6. The molecule has 9 nitrogen and oxygen atoms in total. The molecule has 178 valence electrons. The van der Waals surface area contributed by atoms with E-state index in [0.29, 0.717) is 54.2 Å². The standard InChI is InChI=1S/C21H19F4N7O2/c22-16-8-14(7-13-3-6-34-18(13)16)17-20(27-15(9-26-17)10-33-11-21(23,24)25)32-4-1-12(2-5-32)19-28-30-31-29-19/h3,6-9,12H,1-2,4-5,10-11H2,(H,28,29,30,31). The predicted octanol–water partition coefficient (Wildman–Crippen LogP) is 4.00. The molecule has 1 aliphatic heterocycles. The Morgan fingerprint density at radius 3 is 2.76 bits per heavy atom. The second-order valence-electron chi connectivity index (χ2n) is 7.97. The molecular formula is C21H19F4N7O2. The third-order valence-electron chi connectivity index (χ3n) is 5.62. The first-order valence-electron chi connectivity index (χ1n) is 10.5. The van der Waals surface area contributed by atoms with Crippen LogP contribution in [-0.2, 0) is 11.3 Å². The Kier molecular flexibility index (Phi) is 5.86. The third kappa shape index (κ3) is 4.69. The van der Waals surface area contributed by atoms with Crippen LogP contribution in [-0.4, -0.2) is 56.5 Å². The summed E-state index contributed by atoms with van der Waals surface area (Å²) in [6.45, 7) is -0.590. The van der Waals surface area contributed by atoms with E-state index in [9.17, 15) is 17.6 Å². The highest BCUT2D eigenvalue weighted by Crippen LogP contribution is 2.35. The first-order valence-corrected chi connectivity index (χ1v) is 10.5. The van der Waals surface area contributed by atoms with Gasteiger partial charge in [-0.3, -0.25) is 4.98 Å². The first kappa shape index (κ1) is 22.2. The molecule has 0 aliphatic carbocycles. The number of piperidine rings is 1. The normalized spacial score (nSPS) is 15.4. The summed E-state index contributed by atoms with van der Waals surface area (Å²) in [7, 11) is 0. The summed E-state index contributed by atoms with van der Waals surface area (Å²) in [5.41, 5.74) is 1.28. The zero-order valence-corrected chi connectivity index (χ0v) is 17.7. The molecule has 34 heavy (non-hydrogen) atoms. The molecule has 0 atom stereocenters. The van der Waals surface area contributed by atoms with Gasteiger partial charge in [-0.25, -0.2) is 9.37 Å². The van der Waals surface area contributed by atoms with E-state index in [-0.39, 0.29) is 23.8 Å². The van der Waals surface area contributed by atoms with Gasteiger partial charge in [-0.05, 0) is 31.0 Å². The van der Waals surface area contributed by atoms with Gasteiger partial charge in [0.1, 0.15) is 12.3 Å². The molecule has 1 fully saturated rings. The van der Waals surface area contributed by atoms with E-state index in [1.165, 1.54) is 18.5 Å². The molecule has 0 bridgehead atoms. The summed E-state index contributed by atoms with van der Waals surface area (Å²) in [6, 6.07) is 4.69. The zero-order chi connectivity index (χ0) is 23.7. The lowest BCUT2D eigenvalue weighted by Crippen LogP contribution is -2.34. The van der Waals surface area contributed by atoms with Crippen LogP contribution >= 0.6 is 0 Å². The number of tetrazole rings is 1. The number of aromatic amines is 1. The smallest absolute Gasteiger partial charge is 0.411 e. The van der Waals surface area contributed by atoms with Crippen molar-refractivity contribution in [2.24, 2.45) is 0 Å². The molecule has 1 saturated heterocycles. The second kappa shape index (κ2) is 8.97. The highest BCUT2D eigenvalue weighted by atomic mass is 19.4. The van der Waals surface area contributed by atoms with Crippen LogP contribution in [0.4, 0.5) is 23.4 Å². The number of furan rings is 1. The highest BCUT2D eigenvalue weighted by molar-refractivity contribution is 5.85. The molecule has 0 radical (unpaired) electrons. The molecule has 4 aromatic rings. The predicted molar refractivity (Wildman–Crippen MR) is 111 cm³/mol. The number of H-pyrrole nitrogens is 1. The van der Waals surface area contributed by atoms with Crippen molar-refractivity contribution >= 4 is 16.8 Å². The monoisotopic (exact) mass is 477 g/mol. The number of nitrogens with zero attached hydrogens (tertiary/aromatic N) is 6. The molecule has 0 unspecified atom stereocenters. The van der Waals surface area contributed by atoms with Crippen LogP contribution in [0, 0.1) is 5.82 Å². The number of alkyl halides is 3. The molecule has 1 aromatic carbocycles. The number of hydrogen-bond acceptors (Lipinski definition) is 8. The number of benzene rings is 1. The fourth-order valence-corrected chi connectivity index (χ4v) is 4.05. The Morgan fingerprint density at radius 1 is 1.21 bits per heavy atom. The molecule has 3 aromatic heterocycles. The third-order valence-corrected chi connectivity index (χ3v) is 5.62. The Bertz CT molecular complexity index is 1270. The van der Waals surface area contributed by atoms with Crippen LogP contribution in [0.5, 0.6) is 0 Å². The van der Waals surface area contributed by atoms with Crippen molar-refractivity contribution in [2.75, 3.05) is 24.6 Å². The van der Waals surface area contributed by atoms with Crippen LogP contribution in [0.1, 0.15) is 30.3 Å². The van der Waals surface area contributed by atoms with E-state index in [0.717, 1.165) is 0 Å². The van der Waals surface area contributed by atoms with E-state index in [1.54, 1.807) is 12.1 Å². The SMILES string of the molecule is Fc1cc(-c2ncc(COCC(F)(F)F)nc2N2CCC(c3nn[nH]n3)CC2)cc2ccoc12. The van der Waals surface area contributed by atoms with Gasteiger partial charge in [0.2, 0.25) is 0 Å². The minimum absolute atomic E-state index is 0.115. The van der Waals surface area contributed by atoms with Crippen LogP contribution in [0.3, 0.4) is 0 Å². The lowest BCUT2D eigenvalue weighted by atomic mass is 9.96. The van der Waals surface area contributed by atoms with E-state index in [4.69, 9.17) is 9.15 Å². The van der Waals surface area contributed by atoms with Crippen molar-refractivity contribution < 1.29 is 26.7 Å². The van der Waals surface area contributed by atoms with Gasteiger partial charge in [0, 0.05) is 30.0 Å². The Labute approximate surface area is 190 Å². The van der Waals surface area contributed by atoms with Crippen molar-refractivity contribution in [3.8, 4) is 11.3 Å². The van der Waals surface area contributed by atoms with Gasteiger partial charge in [-0.15, -0.1) is 10.2 Å². The number of rotatable bonds is 6. The zero-order valence-electron chi connectivity index (χ0n) is 17.7. The number of fused-ring (bicyclic) bond motifs is 1. The van der Waals surface area contributed by atoms with Crippen LogP contribution in [0.15, 0.2) is 35.1 Å². The number of anilines is 1. The molecule has 0 amide bonds. The van der Waals surface area contributed by atoms with E-state index < -0.39 is 18.6 Å². The van der Waals surface area contributed by atoms with Gasteiger partial charge in [0.25, 0.3) is 0 Å². The van der Waals surface area contributed by atoms with Crippen molar-refractivity contribution in [3.63, 3.8) is 0 Å². The Balaban J connectivity index is 1.45. The van der Waals surface area contributed by atoms with Crippen molar-refractivity contribution in [3.05, 3.63) is 48.0 Å². The van der Waals surface area contributed by atoms with Crippen molar-refractivity contribution in [2.45, 2.75) is 31.5 Å². The van der Waals surface area contributed by atoms with Gasteiger partial charge in [0.05, 0.1) is 24.8 Å². The number of halogens is 4. The summed E-state index contributed by atoms with van der Waals surface area (Å²) >= 11 is 0. The number of ether oxygens (including phenoxy) is 1. The summed E-state index contributed by atoms with van der Waals surface area (Å²) in [6.07, 6.45) is -0.271. The Morgan fingerprint density at radius 2 is 2.03 bits per heavy atom. The van der Waals surface area contributed by atoms with Gasteiger partial charge >= 0.3 is 6.18 Å². The maximum Gasteiger partial charge on any atom is 0.411 e. The fraction of sp³-hybridized carbons (Fsp3) is 0.381. The molecular weight excluding hydrogens is 458 g/mol. The summed E-state index contributed by atoms with van der Waals surface area (Å²) in [4.78, 5) is 11.0. The minimum Gasteiger partial charge on any atom is -0.461 e. The topological polar surface area (TPSA) is 106 Å². The van der Waals surface area contributed by atoms with Gasteiger partial charge in [-0.2, -0.15) is 18.4 Å². The van der Waals surface area contributed by atoms with E-state index in [1.807, 2.05) is 4.90 Å². The van der Waals surface area contributed by atoms with E-state index >= 15 is 0 Å². The lowest BCUT2D eigenvalue weighted by Gasteiger charge is -2.32. The Hall–Kier alpha value is -3.61. The van der Waals surface area contributed by atoms with Crippen molar-refractivity contribution in [1.29, 1.82) is 0 Å². The van der Waals surface area contributed by atoms with Gasteiger partial charge in [0.15, 0.2) is 23.0 Å². The quantitative estimate of drug-likeness (QED) is 0.416. The average molecular weight is 477 g/mol. The number of aromatic nitrogens is 6. The van der Waals surface area contributed by atoms with E-state index in [2.05, 4.69) is 30.6 Å². The minimum atomic E-state index is -4.44. The molecule has 0 saturated carbocycles. The summed E-state index contributed by atoms with van der Waals surface area (Å²) in [5.74, 6) is 0.651. The van der Waals surface area contributed by atoms with Crippen LogP contribution in [0.25, 0.3) is 22.2 Å². The van der Waals surface area contributed by atoms with Crippen LogP contribution < -0.4 is 4.90 Å². The van der Waals surface area contributed by atoms with Gasteiger partial charge < -0.3 is 14.1 Å². The molecule has 1 N–H and O–H groups in total. The second-order valence-corrected chi connectivity index (χ2v) is 7.97. The van der Waals surface area contributed by atoms with Crippen LogP contribution in [0.2, 0.25) is 0 Å². The molecule has 1 aliphatic rings. The van der Waals surface area contributed by atoms with Crippen molar-refractivity contribution in [1.82, 2.24) is 30.6 Å². The van der Waals surface area contributed by atoms with Gasteiger partial charge in [-0.1, -0.05) is 5.21 Å². The maximum atomic E-state index is 14.6. The highest BCUT2D eigenvalue weighted by Gasteiger charge is 2.29. The average Bonchev–Trinajstić information content (AvgIpc) is 3.51. The number of nitrogens with one attached hydrogen (secondary N) is 1. The fourth-order valence-electron chi connectivity index (χ4n) is 4.05. The molecule has 13 heteroatoms. The summed E-state index contributed by atoms with van der Waals surface area (Å²) in [5, 5.41) is 14.7. The lowest BCUT2D eigenvalue weighted by molar-refractivity contribution is -0.176. The summed E-state index contributed by atoms with van der Waals surface area (Å²) < 4.78 is 62.0. The largest absolute Gasteiger partial charge is 0.461 e. The molecule has 4 heterocycles. The number of hydrogen-bond donors (Lipinski definition) is 1. The molecule has 5 rings (SSSR count). The first-order chi connectivity index (χ1) is 16.4. The molecule has 0 spiro atoms.